The molecule has 0 saturated heterocycles. The summed E-state index contributed by atoms with van der Waals surface area (Å²) in [5.74, 6) is 0.0214. The van der Waals surface area contributed by atoms with Crippen molar-refractivity contribution in [3.8, 4) is 0 Å². The molecule has 16 heavy (non-hydrogen) atoms. The van der Waals surface area contributed by atoms with E-state index in [-0.39, 0.29) is 11.8 Å². The highest BCUT2D eigenvalue weighted by atomic mass is 79.9. The maximum absolute atomic E-state index is 12.3. The van der Waals surface area contributed by atoms with Gasteiger partial charge in [0.25, 0.3) is 0 Å². The fourth-order valence-electron chi connectivity index (χ4n) is 1.36. The molecular weight excluding hydrogens is 270 g/mol. The molecule has 90 valence electrons. The van der Waals surface area contributed by atoms with Crippen molar-refractivity contribution in [2.45, 2.75) is 33.7 Å². The first-order chi connectivity index (χ1) is 7.31. The normalized spacial score (nSPS) is 12.2. The zero-order chi connectivity index (χ0) is 12.5. The van der Waals surface area contributed by atoms with Crippen LogP contribution >= 0.6 is 15.9 Å². The summed E-state index contributed by atoms with van der Waals surface area (Å²) in [6.07, 6.45) is 1.65. The molecule has 0 aliphatic rings. The van der Waals surface area contributed by atoms with Crippen LogP contribution in [-0.4, -0.2) is 22.1 Å². The highest BCUT2D eigenvalue weighted by molar-refractivity contribution is 9.10. The van der Waals surface area contributed by atoms with Gasteiger partial charge in [-0.05, 0) is 29.8 Å². The lowest BCUT2D eigenvalue weighted by atomic mass is 9.86. The van der Waals surface area contributed by atoms with Gasteiger partial charge in [-0.2, -0.15) is 5.10 Å². The summed E-state index contributed by atoms with van der Waals surface area (Å²) in [5, 5.41) is 4.19. The van der Waals surface area contributed by atoms with Gasteiger partial charge in [0.1, 0.15) is 5.69 Å². The molecule has 1 heterocycles. The van der Waals surface area contributed by atoms with Crippen molar-refractivity contribution < 1.29 is 4.79 Å². The number of aromatic nitrogens is 2. The van der Waals surface area contributed by atoms with Crippen LogP contribution in [0.3, 0.4) is 0 Å². The molecule has 0 amide bonds. The van der Waals surface area contributed by atoms with Crippen LogP contribution in [0.15, 0.2) is 10.7 Å². The maximum atomic E-state index is 12.3. The van der Waals surface area contributed by atoms with Crippen LogP contribution in [0.5, 0.6) is 0 Å². The molecule has 0 unspecified atom stereocenters. The van der Waals surface area contributed by atoms with Gasteiger partial charge in [-0.1, -0.05) is 13.8 Å². The molecule has 0 aliphatic carbocycles. The third-order valence-electron chi connectivity index (χ3n) is 2.58. The van der Waals surface area contributed by atoms with E-state index < -0.39 is 5.41 Å². The Balaban J connectivity index is 3.22. The van der Waals surface area contributed by atoms with Crippen molar-refractivity contribution in [3.63, 3.8) is 0 Å². The average molecular weight is 288 g/mol. The predicted octanol–water partition coefficient (Wildman–Crippen LogP) is 2.39. The minimum absolute atomic E-state index is 0.0214. The van der Waals surface area contributed by atoms with Crippen LogP contribution in [0.25, 0.3) is 0 Å². The third kappa shape index (κ3) is 2.35. The second kappa shape index (κ2) is 4.67. The molecule has 0 aliphatic heterocycles. The van der Waals surface area contributed by atoms with E-state index in [1.165, 1.54) is 0 Å². The maximum Gasteiger partial charge on any atom is 0.188 e. The summed E-state index contributed by atoms with van der Waals surface area (Å²) in [6, 6.07) is 0.152. The van der Waals surface area contributed by atoms with Gasteiger partial charge in [0.15, 0.2) is 5.78 Å². The monoisotopic (exact) mass is 287 g/mol. The molecule has 5 heteroatoms. The lowest BCUT2D eigenvalue weighted by Crippen LogP contribution is -2.34. The standard InChI is InChI=1S/C11H18BrN3O/c1-7(2)15-9(8(12)5-14-15)10(16)11(3,4)6-13/h5,7H,6,13H2,1-4H3. The minimum atomic E-state index is -0.560. The lowest BCUT2D eigenvalue weighted by Gasteiger charge is -2.22. The van der Waals surface area contributed by atoms with E-state index in [9.17, 15) is 4.79 Å². The summed E-state index contributed by atoms with van der Waals surface area (Å²) < 4.78 is 2.46. The van der Waals surface area contributed by atoms with Gasteiger partial charge in [-0.15, -0.1) is 0 Å². The Kier molecular flexibility index (Phi) is 3.91. The van der Waals surface area contributed by atoms with E-state index in [0.717, 1.165) is 4.47 Å². The average Bonchev–Trinajstić information content (AvgIpc) is 2.59. The smallest absolute Gasteiger partial charge is 0.188 e. The molecule has 0 saturated carbocycles. The number of hydrogen-bond donors (Lipinski definition) is 1. The molecule has 1 aromatic heterocycles. The van der Waals surface area contributed by atoms with E-state index in [4.69, 9.17) is 5.73 Å². The topological polar surface area (TPSA) is 60.9 Å². The number of rotatable bonds is 4. The van der Waals surface area contributed by atoms with Crippen molar-refractivity contribution in [1.29, 1.82) is 0 Å². The summed E-state index contributed by atoms with van der Waals surface area (Å²) in [6.45, 7) is 8.00. The van der Waals surface area contributed by atoms with Crippen molar-refractivity contribution in [3.05, 3.63) is 16.4 Å². The first kappa shape index (κ1) is 13.4. The van der Waals surface area contributed by atoms with Crippen LogP contribution in [0.1, 0.15) is 44.2 Å². The molecule has 0 bridgehead atoms. The fraction of sp³-hybridized carbons (Fsp3) is 0.636. The Labute approximate surface area is 104 Å². The number of carbonyl (C=O) groups is 1. The van der Waals surface area contributed by atoms with E-state index in [2.05, 4.69) is 21.0 Å². The Morgan fingerprint density at radius 2 is 2.19 bits per heavy atom. The molecule has 2 N–H and O–H groups in total. The van der Waals surface area contributed by atoms with E-state index >= 15 is 0 Å². The summed E-state index contributed by atoms with van der Waals surface area (Å²) in [4.78, 5) is 12.3. The van der Waals surface area contributed by atoms with E-state index in [0.29, 0.717) is 12.2 Å². The first-order valence-electron chi connectivity index (χ1n) is 5.29. The molecule has 0 aromatic carbocycles. The van der Waals surface area contributed by atoms with Gasteiger partial charge in [-0.3, -0.25) is 9.48 Å². The molecule has 0 atom stereocenters. The zero-order valence-corrected chi connectivity index (χ0v) is 11.7. The lowest BCUT2D eigenvalue weighted by molar-refractivity contribution is 0.0833. The van der Waals surface area contributed by atoms with Gasteiger partial charge in [0.05, 0.1) is 10.7 Å². The second-order valence-corrected chi connectivity index (χ2v) is 5.65. The molecule has 1 aromatic rings. The second-order valence-electron chi connectivity index (χ2n) is 4.80. The predicted molar refractivity (Wildman–Crippen MR) is 67.5 cm³/mol. The number of Topliss-reactive ketones (excluding diaryl/α,β-unsaturated/α-hetero) is 1. The van der Waals surface area contributed by atoms with E-state index in [1.54, 1.807) is 10.9 Å². The Hall–Kier alpha value is -0.680. The van der Waals surface area contributed by atoms with Crippen LogP contribution < -0.4 is 5.73 Å². The van der Waals surface area contributed by atoms with Gasteiger partial charge in [-0.25, -0.2) is 0 Å². The SMILES string of the molecule is CC(C)n1ncc(Br)c1C(=O)C(C)(C)CN. The number of nitrogens with two attached hydrogens (primary N) is 1. The Morgan fingerprint density at radius 3 is 2.62 bits per heavy atom. The Bertz CT molecular complexity index is 396. The van der Waals surface area contributed by atoms with Crippen molar-refractivity contribution >= 4 is 21.7 Å². The molecule has 0 radical (unpaired) electrons. The number of hydrogen-bond acceptors (Lipinski definition) is 3. The molecule has 0 spiro atoms. The number of carbonyl (C=O) groups excluding carboxylic acids is 1. The van der Waals surface area contributed by atoms with Gasteiger partial charge in [0.2, 0.25) is 0 Å². The van der Waals surface area contributed by atoms with Crippen molar-refractivity contribution in [1.82, 2.24) is 9.78 Å². The summed E-state index contributed by atoms with van der Waals surface area (Å²) >= 11 is 3.36. The quantitative estimate of drug-likeness (QED) is 0.865. The highest BCUT2D eigenvalue weighted by Gasteiger charge is 2.31. The molecule has 1 rings (SSSR count). The zero-order valence-electron chi connectivity index (χ0n) is 10.1. The fourth-order valence-corrected chi connectivity index (χ4v) is 1.81. The summed E-state index contributed by atoms with van der Waals surface area (Å²) in [7, 11) is 0. The van der Waals surface area contributed by atoms with Crippen LogP contribution in [0, 0.1) is 5.41 Å². The minimum Gasteiger partial charge on any atom is -0.329 e. The largest absolute Gasteiger partial charge is 0.329 e. The van der Waals surface area contributed by atoms with E-state index in [1.807, 2.05) is 27.7 Å². The highest BCUT2D eigenvalue weighted by Crippen LogP contribution is 2.27. The number of halogens is 1. The van der Waals surface area contributed by atoms with Gasteiger partial charge >= 0.3 is 0 Å². The molecular formula is C11H18BrN3O. The van der Waals surface area contributed by atoms with Crippen LogP contribution in [0.4, 0.5) is 0 Å². The third-order valence-corrected chi connectivity index (χ3v) is 3.16. The van der Waals surface area contributed by atoms with Crippen LogP contribution in [0.2, 0.25) is 0 Å². The van der Waals surface area contributed by atoms with Crippen molar-refractivity contribution in [2.75, 3.05) is 6.54 Å². The van der Waals surface area contributed by atoms with Gasteiger partial charge in [0, 0.05) is 18.0 Å². The van der Waals surface area contributed by atoms with Gasteiger partial charge < -0.3 is 5.73 Å². The summed E-state index contributed by atoms with van der Waals surface area (Å²) in [5.41, 5.74) is 5.67. The number of ketones is 1. The number of nitrogens with zero attached hydrogens (tertiary/aromatic N) is 2. The first-order valence-corrected chi connectivity index (χ1v) is 6.08. The molecule has 0 fully saturated rings. The van der Waals surface area contributed by atoms with Crippen molar-refractivity contribution in [2.24, 2.45) is 11.1 Å². The van der Waals surface area contributed by atoms with Crippen LogP contribution in [-0.2, 0) is 0 Å². The molecule has 4 nitrogen and oxygen atoms in total. The Morgan fingerprint density at radius 1 is 1.62 bits per heavy atom.